The summed E-state index contributed by atoms with van der Waals surface area (Å²) in [5, 5.41) is 11.6. The molecule has 23 heavy (non-hydrogen) atoms. The SMILES string of the molecule is CS(=O)(=O)N(CC(=O)Nc1ccccc1)c1cccc(C#N)c1. The van der Waals surface area contributed by atoms with Crippen LogP contribution < -0.4 is 9.62 Å². The number of rotatable bonds is 5. The highest BCUT2D eigenvalue weighted by molar-refractivity contribution is 7.92. The van der Waals surface area contributed by atoms with E-state index in [0.717, 1.165) is 10.6 Å². The highest BCUT2D eigenvalue weighted by Crippen LogP contribution is 2.19. The van der Waals surface area contributed by atoms with Gasteiger partial charge in [-0.1, -0.05) is 24.3 Å². The fraction of sp³-hybridized carbons (Fsp3) is 0.125. The maximum absolute atomic E-state index is 12.1. The Morgan fingerprint density at radius 1 is 1.17 bits per heavy atom. The zero-order valence-corrected chi connectivity index (χ0v) is 13.2. The van der Waals surface area contributed by atoms with E-state index < -0.39 is 15.9 Å². The summed E-state index contributed by atoms with van der Waals surface area (Å²) < 4.78 is 24.9. The third-order valence-electron chi connectivity index (χ3n) is 3.01. The summed E-state index contributed by atoms with van der Waals surface area (Å²) in [6, 6.07) is 16.8. The maximum atomic E-state index is 12.1. The number of amides is 1. The van der Waals surface area contributed by atoms with Crippen molar-refractivity contribution in [3.05, 3.63) is 60.2 Å². The van der Waals surface area contributed by atoms with Crippen LogP contribution >= 0.6 is 0 Å². The lowest BCUT2D eigenvalue weighted by Crippen LogP contribution is -2.37. The molecule has 0 fully saturated rings. The molecule has 1 amide bonds. The normalized spacial score (nSPS) is 10.6. The van der Waals surface area contributed by atoms with Crippen LogP contribution in [0, 0.1) is 11.3 Å². The van der Waals surface area contributed by atoms with Crippen molar-refractivity contribution in [1.29, 1.82) is 5.26 Å². The van der Waals surface area contributed by atoms with Crippen molar-refractivity contribution in [3.8, 4) is 6.07 Å². The van der Waals surface area contributed by atoms with E-state index in [1.165, 1.54) is 12.1 Å². The number of anilines is 2. The molecule has 0 saturated carbocycles. The Morgan fingerprint density at radius 2 is 1.87 bits per heavy atom. The Labute approximate surface area is 135 Å². The molecule has 2 rings (SSSR count). The minimum absolute atomic E-state index is 0.273. The first-order chi connectivity index (χ1) is 10.9. The summed E-state index contributed by atoms with van der Waals surface area (Å²) in [5.74, 6) is -0.469. The number of carbonyl (C=O) groups is 1. The van der Waals surface area contributed by atoms with E-state index in [1.807, 2.05) is 12.1 Å². The number of benzene rings is 2. The van der Waals surface area contributed by atoms with Crippen LogP contribution in [0.15, 0.2) is 54.6 Å². The van der Waals surface area contributed by atoms with Gasteiger partial charge in [0.1, 0.15) is 6.54 Å². The first kappa shape index (κ1) is 16.5. The molecule has 0 bridgehead atoms. The molecule has 0 aliphatic rings. The van der Waals surface area contributed by atoms with E-state index >= 15 is 0 Å². The minimum atomic E-state index is -3.67. The van der Waals surface area contributed by atoms with Crippen LogP contribution in [0.2, 0.25) is 0 Å². The lowest BCUT2D eigenvalue weighted by atomic mass is 10.2. The molecule has 0 atom stereocenters. The maximum Gasteiger partial charge on any atom is 0.245 e. The molecule has 118 valence electrons. The molecular formula is C16H15N3O3S. The monoisotopic (exact) mass is 329 g/mol. The molecule has 0 unspecified atom stereocenters. The first-order valence-electron chi connectivity index (χ1n) is 6.73. The van der Waals surface area contributed by atoms with Crippen LogP contribution in [-0.4, -0.2) is 27.1 Å². The van der Waals surface area contributed by atoms with Crippen LogP contribution in [0.4, 0.5) is 11.4 Å². The van der Waals surface area contributed by atoms with Crippen LogP contribution in [0.3, 0.4) is 0 Å². The predicted molar refractivity (Wildman–Crippen MR) is 88.4 cm³/mol. The Morgan fingerprint density at radius 3 is 2.48 bits per heavy atom. The number of hydrogen-bond acceptors (Lipinski definition) is 4. The second kappa shape index (κ2) is 6.94. The second-order valence-electron chi connectivity index (χ2n) is 4.85. The molecule has 0 spiro atoms. The van der Waals surface area contributed by atoms with Gasteiger partial charge in [-0.15, -0.1) is 0 Å². The van der Waals surface area contributed by atoms with Gasteiger partial charge < -0.3 is 5.32 Å². The Bertz CT molecular complexity index is 842. The number of nitrogens with one attached hydrogen (secondary N) is 1. The molecule has 0 aliphatic heterocycles. The summed E-state index contributed by atoms with van der Waals surface area (Å²) in [4.78, 5) is 12.1. The third-order valence-corrected chi connectivity index (χ3v) is 4.15. The summed E-state index contributed by atoms with van der Waals surface area (Å²) >= 11 is 0. The number of sulfonamides is 1. The quantitative estimate of drug-likeness (QED) is 0.908. The summed E-state index contributed by atoms with van der Waals surface area (Å²) in [5.41, 5.74) is 1.17. The number of carbonyl (C=O) groups excluding carboxylic acids is 1. The van der Waals surface area contributed by atoms with E-state index in [2.05, 4.69) is 5.32 Å². The number of nitrogens with zero attached hydrogens (tertiary/aromatic N) is 2. The van der Waals surface area contributed by atoms with Crippen LogP contribution in [-0.2, 0) is 14.8 Å². The smallest absolute Gasteiger partial charge is 0.245 e. The molecule has 0 aliphatic carbocycles. The summed E-state index contributed by atoms with van der Waals surface area (Å²) in [7, 11) is -3.67. The van der Waals surface area contributed by atoms with Gasteiger partial charge in [-0.2, -0.15) is 5.26 Å². The lowest BCUT2D eigenvalue weighted by Gasteiger charge is -2.22. The van der Waals surface area contributed by atoms with Crippen molar-refractivity contribution < 1.29 is 13.2 Å². The fourth-order valence-corrected chi connectivity index (χ4v) is 2.83. The van der Waals surface area contributed by atoms with Gasteiger partial charge >= 0.3 is 0 Å². The zero-order chi connectivity index (χ0) is 16.9. The molecule has 7 heteroatoms. The molecule has 1 N–H and O–H groups in total. The second-order valence-corrected chi connectivity index (χ2v) is 6.75. The molecule has 2 aromatic carbocycles. The highest BCUT2D eigenvalue weighted by atomic mass is 32.2. The Balaban J connectivity index is 2.23. The summed E-state index contributed by atoms with van der Waals surface area (Å²) in [6.45, 7) is -0.372. The van der Waals surface area contributed by atoms with Gasteiger partial charge in [0.05, 0.1) is 23.6 Å². The van der Waals surface area contributed by atoms with Gasteiger partial charge in [0, 0.05) is 5.69 Å². The van der Waals surface area contributed by atoms with Crippen molar-refractivity contribution in [2.45, 2.75) is 0 Å². The van der Waals surface area contributed by atoms with Crippen molar-refractivity contribution in [2.75, 3.05) is 22.4 Å². The van der Waals surface area contributed by atoms with Crippen molar-refractivity contribution in [1.82, 2.24) is 0 Å². The number of para-hydroxylation sites is 1. The topological polar surface area (TPSA) is 90.3 Å². The molecule has 0 aromatic heterocycles. The van der Waals surface area contributed by atoms with Gasteiger partial charge in [-0.25, -0.2) is 8.42 Å². The van der Waals surface area contributed by atoms with Gasteiger partial charge in [0.15, 0.2) is 0 Å². The Hall–Kier alpha value is -2.85. The van der Waals surface area contributed by atoms with E-state index in [0.29, 0.717) is 11.3 Å². The van der Waals surface area contributed by atoms with Crippen molar-refractivity contribution >= 4 is 27.3 Å². The van der Waals surface area contributed by atoms with E-state index in [-0.39, 0.29) is 12.2 Å². The molecule has 2 aromatic rings. The molecule has 0 saturated heterocycles. The predicted octanol–water partition coefficient (Wildman–Crippen LogP) is 1.96. The standard InChI is InChI=1S/C16H15N3O3S/c1-23(21,22)19(15-9-5-6-13(10-15)11-17)12-16(20)18-14-7-3-2-4-8-14/h2-10H,12H2,1H3,(H,18,20). The largest absolute Gasteiger partial charge is 0.325 e. The summed E-state index contributed by atoms with van der Waals surface area (Å²) in [6.07, 6.45) is 1.02. The highest BCUT2D eigenvalue weighted by Gasteiger charge is 2.21. The van der Waals surface area contributed by atoms with Crippen LogP contribution in [0.25, 0.3) is 0 Å². The van der Waals surface area contributed by atoms with Gasteiger partial charge in [0.25, 0.3) is 0 Å². The molecular weight excluding hydrogens is 314 g/mol. The lowest BCUT2D eigenvalue weighted by molar-refractivity contribution is -0.114. The number of nitriles is 1. The average Bonchev–Trinajstić information content (AvgIpc) is 2.52. The van der Waals surface area contributed by atoms with Crippen molar-refractivity contribution in [3.63, 3.8) is 0 Å². The minimum Gasteiger partial charge on any atom is -0.325 e. The molecule has 0 heterocycles. The van der Waals surface area contributed by atoms with E-state index in [1.54, 1.807) is 36.4 Å². The van der Waals surface area contributed by atoms with Crippen molar-refractivity contribution in [2.24, 2.45) is 0 Å². The number of hydrogen-bond donors (Lipinski definition) is 1. The van der Waals surface area contributed by atoms with Gasteiger partial charge in [0.2, 0.25) is 15.9 Å². The van der Waals surface area contributed by atoms with Crippen LogP contribution in [0.5, 0.6) is 0 Å². The third kappa shape index (κ3) is 4.56. The fourth-order valence-electron chi connectivity index (χ4n) is 1.98. The Kier molecular flexibility index (Phi) is 4.98. The first-order valence-corrected chi connectivity index (χ1v) is 8.58. The zero-order valence-electron chi connectivity index (χ0n) is 12.4. The molecule has 0 radical (unpaired) electrons. The van der Waals surface area contributed by atoms with Crippen LogP contribution in [0.1, 0.15) is 5.56 Å². The average molecular weight is 329 g/mol. The van der Waals surface area contributed by atoms with Gasteiger partial charge in [-0.05, 0) is 30.3 Å². The van der Waals surface area contributed by atoms with E-state index in [9.17, 15) is 13.2 Å². The van der Waals surface area contributed by atoms with E-state index in [4.69, 9.17) is 5.26 Å². The van der Waals surface area contributed by atoms with Gasteiger partial charge in [-0.3, -0.25) is 9.10 Å². The molecule has 6 nitrogen and oxygen atoms in total.